The smallest absolute Gasteiger partial charge is 0.266 e. The predicted molar refractivity (Wildman–Crippen MR) is 115 cm³/mol. The van der Waals surface area contributed by atoms with Crippen molar-refractivity contribution in [1.29, 1.82) is 0 Å². The molecule has 0 radical (unpaired) electrons. The van der Waals surface area contributed by atoms with Crippen molar-refractivity contribution in [3.63, 3.8) is 0 Å². The van der Waals surface area contributed by atoms with E-state index in [1.54, 1.807) is 10.6 Å². The first-order valence-corrected chi connectivity index (χ1v) is 10.3. The standard InChI is InChI=1S/C22H25N3O2S/c1-5-13-23-20(26)16(4)28-22-24-18-12-7-6-11-17(18)21(27)25(22)19-14(2)9-8-10-15(19)3/h6-12,16H,5,13H2,1-4H3,(H,23,26)/t16-/m0/s1. The van der Waals surface area contributed by atoms with Crippen LogP contribution in [0.3, 0.4) is 0 Å². The van der Waals surface area contributed by atoms with Gasteiger partial charge in [-0.3, -0.25) is 14.2 Å². The third-order valence-electron chi connectivity index (χ3n) is 4.61. The molecule has 28 heavy (non-hydrogen) atoms. The van der Waals surface area contributed by atoms with Gasteiger partial charge < -0.3 is 5.32 Å². The number of aryl methyl sites for hydroxylation is 2. The zero-order chi connectivity index (χ0) is 20.3. The largest absolute Gasteiger partial charge is 0.355 e. The quantitative estimate of drug-likeness (QED) is 0.506. The third kappa shape index (κ3) is 3.97. The van der Waals surface area contributed by atoms with Crippen LogP contribution < -0.4 is 10.9 Å². The van der Waals surface area contributed by atoms with Crippen molar-refractivity contribution >= 4 is 28.6 Å². The monoisotopic (exact) mass is 395 g/mol. The Hall–Kier alpha value is -2.60. The Labute approximate surface area is 169 Å². The second kappa shape index (κ2) is 8.61. The molecule has 3 aromatic rings. The molecule has 0 spiro atoms. The van der Waals surface area contributed by atoms with Crippen LogP contribution in [-0.2, 0) is 4.79 Å². The van der Waals surface area contributed by atoms with Crippen molar-refractivity contribution < 1.29 is 4.79 Å². The fourth-order valence-electron chi connectivity index (χ4n) is 3.15. The fourth-order valence-corrected chi connectivity index (χ4v) is 4.09. The van der Waals surface area contributed by atoms with Crippen LogP contribution >= 0.6 is 11.8 Å². The van der Waals surface area contributed by atoms with Gasteiger partial charge in [-0.1, -0.05) is 49.0 Å². The SMILES string of the molecule is CCCNC(=O)[C@H](C)Sc1nc2ccccc2c(=O)n1-c1c(C)cccc1C. The molecule has 6 heteroatoms. The Morgan fingerprint density at radius 1 is 1.14 bits per heavy atom. The highest BCUT2D eigenvalue weighted by Crippen LogP contribution is 2.27. The van der Waals surface area contributed by atoms with Crippen molar-refractivity contribution in [3.8, 4) is 5.69 Å². The summed E-state index contributed by atoms with van der Waals surface area (Å²) in [6.45, 7) is 8.46. The van der Waals surface area contributed by atoms with Crippen molar-refractivity contribution in [3.05, 3.63) is 63.9 Å². The van der Waals surface area contributed by atoms with Crippen LogP contribution in [0.4, 0.5) is 0 Å². The lowest BCUT2D eigenvalue weighted by Gasteiger charge is -2.19. The van der Waals surface area contributed by atoms with Crippen molar-refractivity contribution in [2.45, 2.75) is 44.5 Å². The highest BCUT2D eigenvalue weighted by Gasteiger charge is 2.21. The summed E-state index contributed by atoms with van der Waals surface area (Å²) in [7, 11) is 0. The zero-order valence-corrected chi connectivity index (χ0v) is 17.5. The van der Waals surface area contributed by atoms with Crippen molar-refractivity contribution in [1.82, 2.24) is 14.9 Å². The number of nitrogens with zero attached hydrogens (tertiary/aromatic N) is 2. The molecule has 1 amide bonds. The van der Waals surface area contributed by atoms with Crippen molar-refractivity contribution in [2.24, 2.45) is 0 Å². The van der Waals surface area contributed by atoms with Crippen LogP contribution in [0, 0.1) is 13.8 Å². The maximum atomic E-state index is 13.4. The zero-order valence-electron chi connectivity index (χ0n) is 16.7. The maximum Gasteiger partial charge on any atom is 0.266 e. The number of nitrogens with one attached hydrogen (secondary N) is 1. The Morgan fingerprint density at radius 3 is 2.50 bits per heavy atom. The van der Waals surface area contributed by atoms with E-state index in [9.17, 15) is 9.59 Å². The molecule has 0 aliphatic rings. The van der Waals surface area contributed by atoms with Crippen LogP contribution in [0.25, 0.3) is 16.6 Å². The summed E-state index contributed by atoms with van der Waals surface area (Å²) in [5, 5.41) is 3.64. The minimum absolute atomic E-state index is 0.0534. The lowest BCUT2D eigenvalue weighted by Crippen LogP contribution is -2.32. The number of carbonyl (C=O) groups is 1. The Kier molecular flexibility index (Phi) is 6.19. The van der Waals surface area contributed by atoms with Gasteiger partial charge in [0.05, 0.1) is 21.8 Å². The van der Waals surface area contributed by atoms with E-state index in [1.165, 1.54) is 11.8 Å². The van der Waals surface area contributed by atoms with Gasteiger partial charge in [-0.25, -0.2) is 4.98 Å². The highest BCUT2D eigenvalue weighted by atomic mass is 32.2. The number of hydrogen-bond acceptors (Lipinski definition) is 4. The molecule has 1 N–H and O–H groups in total. The number of carbonyl (C=O) groups excluding carboxylic acids is 1. The van der Waals surface area contributed by atoms with E-state index in [1.807, 2.05) is 64.1 Å². The average molecular weight is 396 g/mol. The molecule has 1 aromatic heterocycles. The molecule has 0 aliphatic carbocycles. The number of aromatic nitrogens is 2. The molecule has 5 nitrogen and oxygen atoms in total. The van der Waals surface area contributed by atoms with Gasteiger partial charge in [-0.15, -0.1) is 0 Å². The molecule has 2 aromatic carbocycles. The number of para-hydroxylation sites is 2. The van der Waals surface area contributed by atoms with Gasteiger partial charge >= 0.3 is 0 Å². The number of fused-ring (bicyclic) bond motifs is 1. The first-order chi connectivity index (χ1) is 13.4. The lowest BCUT2D eigenvalue weighted by molar-refractivity contribution is -0.120. The van der Waals surface area contributed by atoms with Gasteiger partial charge in [0.15, 0.2) is 5.16 Å². The number of thioether (sulfide) groups is 1. The Morgan fingerprint density at radius 2 is 1.82 bits per heavy atom. The molecule has 0 unspecified atom stereocenters. The molecule has 1 heterocycles. The molecule has 1 atom stereocenters. The first-order valence-electron chi connectivity index (χ1n) is 9.46. The number of hydrogen-bond donors (Lipinski definition) is 1. The molecule has 0 bridgehead atoms. The fraction of sp³-hybridized carbons (Fsp3) is 0.318. The van der Waals surface area contributed by atoms with E-state index >= 15 is 0 Å². The third-order valence-corrected chi connectivity index (χ3v) is 5.66. The van der Waals surface area contributed by atoms with E-state index in [-0.39, 0.29) is 16.7 Å². The van der Waals surface area contributed by atoms with Gasteiger partial charge in [0.25, 0.3) is 5.56 Å². The highest BCUT2D eigenvalue weighted by molar-refractivity contribution is 8.00. The molecular formula is C22H25N3O2S. The van der Waals surface area contributed by atoms with Gasteiger partial charge in [0.2, 0.25) is 5.91 Å². The summed E-state index contributed by atoms with van der Waals surface area (Å²) in [6.07, 6.45) is 0.879. The van der Waals surface area contributed by atoms with Crippen LogP contribution in [-0.4, -0.2) is 27.3 Å². The van der Waals surface area contributed by atoms with Gasteiger partial charge in [0.1, 0.15) is 0 Å². The molecule has 146 valence electrons. The van der Waals surface area contributed by atoms with Gasteiger partial charge in [-0.2, -0.15) is 0 Å². The van der Waals surface area contributed by atoms with E-state index in [0.717, 1.165) is 23.2 Å². The predicted octanol–water partition coefficient (Wildman–Crippen LogP) is 4.01. The summed E-state index contributed by atoms with van der Waals surface area (Å²) < 4.78 is 1.65. The summed E-state index contributed by atoms with van der Waals surface area (Å²) >= 11 is 1.31. The molecule has 0 fully saturated rings. The average Bonchev–Trinajstić information content (AvgIpc) is 2.68. The second-order valence-corrected chi connectivity index (χ2v) is 8.15. The molecule has 0 aliphatic heterocycles. The number of rotatable bonds is 6. The van der Waals surface area contributed by atoms with Gasteiger partial charge in [0, 0.05) is 6.54 Å². The minimum atomic E-state index is -0.366. The number of benzene rings is 2. The van der Waals surface area contributed by atoms with Crippen LogP contribution in [0.5, 0.6) is 0 Å². The first kappa shape index (κ1) is 20.1. The Balaban J connectivity index is 2.18. The molecule has 0 saturated carbocycles. The lowest BCUT2D eigenvalue weighted by atomic mass is 10.1. The topological polar surface area (TPSA) is 64.0 Å². The van der Waals surface area contributed by atoms with Crippen LogP contribution in [0.15, 0.2) is 52.4 Å². The summed E-state index contributed by atoms with van der Waals surface area (Å²) in [6, 6.07) is 13.3. The van der Waals surface area contributed by atoms with Crippen LogP contribution in [0.2, 0.25) is 0 Å². The number of amides is 1. The normalized spacial score (nSPS) is 12.1. The summed E-state index contributed by atoms with van der Waals surface area (Å²) in [5.41, 5.74) is 3.33. The van der Waals surface area contributed by atoms with E-state index in [0.29, 0.717) is 22.6 Å². The van der Waals surface area contributed by atoms with E-state index in [4.69, 9.17) is 4.98 Å². The van der Waals surface area contributed by atoms with Crippen LogP contribution in [0.1, 0.15) is 31.4 Å². The maximum absolute atomic E-state index is 13.4. The Bertz CT molecular complexity index is 1050. The second-order valence-electron chi connectivity index (χ2n) is 6.84. The minimum Gasteiger partial charge on any atom is -0.355 e. The van der Waals surface area contributed by atoms with Crippen molar-refractivity contribution in [2.75, 3.05) is 6.54 Å². The molecular weight excluding hydrogens is 370 g/mol. The molecule has 0 saturated heterocycles. The summed E-state index contributed by atoms with van der Waals surface area (Å²) in [4.78, 5) is 30.5. The van der Waals surface area contributed by atoms with Gasteiger partial charge in [-0.05, 0) is 50.5 Å². The van der Waals surface area contributed by atoms with E-state index in [2.05, 4.69) is 5.32 Å². The van der Waals surface area contributed by atoms with E-state index < -0.39 is 0 Å². The summed E-state index contributed by atoms with van der Waals surface area (Å²) in [5.74, 6) is -0.0534. The molecule has 3 rings (SSSR count).